The van der Waals surface area contributed by atoms with Crippen LogP contribution in [0.1, 0.15) is 25.5 Å². The number of hydrogen-bond acceptors (Lipinski definition) is 4. The number of ether oxygens (including phenoxy) is 1. The molecule has 0 unspecified atom stereocenters. The summed E-state index contributed by atoms with van der Waals surface area (Å²) in [4.78, 5) is 11.6. The van der Waals surface area contributed by atoms with E-state index < -0.39 is 0 Å². The smallest absolute Gasteiger partial charge is 0.191 e. The van der Waals surface area contributed by atoms with Gasteiger partial charge >= 0.3 is 0 Å². The van der Waals surface area contributed by atoms with Crippen LogP contribution in [-0.4, -0.2) is 68.8 Å². The Morgan fingerprint density at radius 3 is 2.84 bits per heavy atom. The van der Waals surface area contributed by atoms with Crippen molar-refractivity contribution in [2.24, 2.45) is 10.9 Å². The highest BCUT2D eigenvalue weighted by atomic mass is 16.5. The van der Waals surface area contributed by atoms with Crippen molar-refractivity contribution in [3.63, 3.8) is 0 Å². The molecule has 1 saturated heterocycles. The van der Waals surface area contributed by atoms with Crippen molar-refractivity contribution in [2.45, 2.75) is 26.2 Å². The second kappa shape index (κ2) is 11.8. The molecule has 0 bridgehead atoms. The SMILES string of the molecule is CCNC(=NCC1CCN(CCOC)CC1)NCCc1ccccn1. The first-order valence-corrected chi connectivity index (χ1v) is 9.45. The topological polar surface area (TPSA) is 61.8 Å². The quantitative estimate of drug-likeness (QED) is 0.524. The van der Waals surface area contributed by atoms with Crippen LogP contribution in [0.25, 0.3) is 0 Å². The molecule has 25 heavy (non-hydrogen) atoms. The van der Waals surface area contributed by atoms with E-state index in [1.165, 1.54) is 12.8 Å². The minimum Gasteiger partial charge on any atom is -0.383 e. The maximum absolute atomic E-state index is 5.16. The van der Waals surface area contributed by atoms with Gasteiger partial charge in [0.1, 0.15) is 0 Å². The van der Waals surface area contributed by atoms with E-state index in [9.17, 15) is 0 Å². The number of methoxy groups -OCH3 is 1. The Bertz CT molecular complexity index is 486. The molecule has 1 aliphatic heterocycles. The normalized spacial score (nSPS) is 16.8. The van der Waals surface area contributed by atoms with Gasteiger partial charge in [0.25, 0.3) is 0 Å². The number of guanidine groups is 1. The summed E-state index contributed by atoms with van der Waals surface area (Å²) in [5.74, 6) is 1.60. The summed E-state index contributed by atoms with van der Waals surface area (Å²) in [6.07, 6.45) is 5.19. The molecule has 1 aromatic heterocycles. The van der Waals surface area contributed by atoms with Gasteiger partial charge in [0, 0.05) is 51.6 Å². The number of rotatable bonds is 9. The summed E-state index contributed by atoms with van der Waals surface area (Å²) < 4.78 is 5.16. The van der Waals surface area contributed by atoms with Crippen molar-refractivity contribution in [3.8, 4) is 0 Å². The monoisotopic (exact) mass is 347 g/mol. The van der Waals surface area contributed by atoms with Gasteiger partial charge in [-0.15, -0.1) is 0 Å². The average molecular weight is 348 g/mol. The molecule has 6 nitrogen and oxygen atoms in total. The molecule has 2 heterocycles. The first-order chi connectivity index (χ1) is 12.3. The summed E-state index contributed by atoms with van der Waals surface area (Å²) in [6, 6.07) is 6.03. The molecule has 1 aromatic rings. The van der Waals surface area contributed by atoms with Gasteiger partial charge in [-0.2, -0.15) is 0 Å². The number of piperidine rings is 1. The minimum absolute atomic E-state index is 0.685. The third kappa shape index (κ3) is 7.84. The predicted molar refractivity (Wildman–Crippen MR) is 103 cm³/mol. The van der Waals surface area contributed by atoms with Crippen LogP contribution >= 0.6 is 0 Å². The molecule has 2 N–H and O–H groups in total. The highest BCUT2D eigenvalue weighted by Crippen LogP contribution is 2.17. The molecular weight excluding hydrogens is 314 g/mol. The van der Waals surface area contributed by atoms with E-state index in [0.29, 0.717) is 5.92 Å². The number of nitrogens with zero attached hydrogens (tertiary/aromatic N) is 3. The van der Waals surface area contributed by atoms with Crippen LogP contribution in [0.15, 0.2) is 29.4 Å². The van der Waals surface area contributed by atoms with E-state index in [1.54, 1.807) is 7.11 Å². The van der Waals surface area contributed by atoms with Crippen LogP contribution in [0.4, 0.5) is 0 Å². The standard InChI is InChI=1S/C19H33N5O/c1-3-20-19(22-11-7-18-6-4-5-10-21-18)23-16-17-8-12-24(13-9-17)14-15-25-2/h4-6,10,17H,3,7-9,11-16H2,1-2H3,(H2,20,22,23). The molecule has 0 radical (unpaired) electrons. The van der Waals surface area contributed by atoms with Crippen molar-refractivity contribution in [2.75, 3.05) is 53.0 Å². The van der Waals surface area contributed by atoms with Crippen LogP contribution in [0.3, 0.4) is 0 Å². The van der Waals surface area contributed by atoms with Gasteiger partial charge in [0.2, 0.25) is 0 Å². The third-order valence-electron chi connectivity index (χ3n) is 4.57. The molecule has 1 aliphatic rings. The van der Waals surface area contributed by atoms with E-state index in [-0.39, 0.29) is 0 Å². The summed E-state index contributed by atoms with van der Waals surface area (Å²) in [7, 11) is 1.77. The Morgan fingerprint density at radius 2 is 2.16 bits per heavy atom. The molecular formula is C19H33N5O. The van der Waals surface area contributed by atoms with E-state index in [4.69, 9.17) is 9.73 Å². The van der Waals surface area contributed by atoms with E-state index in [2.05, 4.69) is 33.5 Å². The van der Waals surface area contributed by atoms with Crippen molar-refractivity contribution in [1.82, 2.24) is 20.5 Å². The van der Waals surface area contributed by atoms with Crippen LogP contribution in [-0.2, 0) is 11.2 Å². The lowest BCUT2D eigenvalue weighted by atomic mass is 9.97. The maximum Gasteiger partial charge on any atom is 0.191 e. The largest absolute Gasteiger partial charge is 0.383 e. The van der Waals surface area contributed by atoms with Gasteiger partial charge < -0.3 is 20.3 Å². The van der Waals surface area contributed by atoms with Crippen molar-refractivity contribution >= 4 is 5.96 Å². The maximum atomic E-state index is 5.16. The number of aromatic nitrogens is 1. The summed E-state index contributed by atoms with van der Waals surface area (Å²) >= 11 is 0. The fourth-order valence-corrected chi connectivity index (χ4v) is 3.03. The minimum atomic E-state index is 0.685. The Kier molecular flexibility index (Phi) is 9.29. The lowest BCUT2D eigenvalue weighted by Gasteiger charge is -2.31. The van der Waals surface area contributed by atoms with E-state index >= 15 is 0 Å². The predicted octanol–water partition coefficient (Wildman–Crippen LogP) is 1.54. The summed E-state index contributed by atoms with van der Waals surface area (Å²) in [5.41, 5.74) is 1.11. The molecule has 0 spiro atoms. The Balaban J connectivity index is 1.70. The lowest BCUT2D eigenvalue weighted by molar-refractivity contribution is 0.121. The number of pyridine rings is 1. The molecule has 0 saturated carbocycles. The first-order valence-electron chi connectivity index (χ1n) is 9.45. The Hall–Kier alpha value is -1.66. The molecule has 2 rings (SSSR count). The molecule has 6 heteroatoms. The van der Waals surface area contributed by atoms with Crippen molar-refractivity contribution in [1.29, 1.82) is 0 Å². The second-order valence-electron chi connectivity index (χ2n) is 6.50. The number of aliphatic imine (C=N–C) groups is 1. The molecule has 140 valence electrons. The van der Waals surface area contributed by atoms with E-state index in [1.807, 2.05) is 18.3 Å². The lowest BCUT2D eigenvalue weighted by Crippen LogP contribution is -2.40. The van der Waals surface area contributed by atoms with Gasteiger partial charge in [0.05, 0.1) is 6.61 Å². The van der Waals surface area contributed by atoms with Gasteiger partial charge in [0.15, 0.2) is 5.96 Å². The average Bonchev–Trinajstić information content (AvgIpc) is 2.66. The van der Waals surface area contributed by atoms with Crippen molar-refractivity contribution in [3.05, 3.63) is 30.1 Å². The van der Waals surface area contributed by atoms with Gasteiger partial charge in [-0.25, -0.2) is 0 Å². The van der Waals surface area contributed by atoms with Crippen LogP contribution < -0.4 is 10.6 Å². The fraction of sp³-hybridized carbons (Fsp3) is 0.684. The summed E-state index contributed by atoms with van der Waals surface area (Å²) in [6.45, 7) is 8.92. The fourth-order valence-electron chi connectivity index (χ4n) is 3.03. The Labute approximate surface area is 152 Å². The first kappa shape index (κ1) is 19.7. The zero-order chi connectivity index (χ0) is 17.7. The van der Waals surface area contributed by atoms with Gasteiger partial charge in [-0.3, -0.25) is 9.98 Å². The zero-order valence-corrected chi connectivity index (χ0v) is 15.7. The number of likely N-dealkylation sites (tertiary alicyclic amines) is 1. The Morgan fingerprint density at radius 1 is 1.32 bits per heavy atom. The molecule has 0 aromatic carbocycles. The number of hydrogen-bond donors (Lipinski definition) is 2. The van der Waals surface area contributed by atoms with Crippen molar-refractivity contribution < 1.29 is 4.74 Å². The van der Waals surface area contributed by atoms with Gasteiger partial charge in [-0.1, -0.05) is 6.07 Å². The van der Waals surface area contributed by atoms with Crippen LogP contribution in [0, 0.1) is 5.92 Å². The number of nitrogens with one attached hydrogen (secondary N) is 2. The summed E-state index contributed by atoms with van der Waals surface area (Å²) in [5, 5.41) is 6.75. The van der Waals surface area contributed by atoms with Crippen LogP contribution in [0.5, 0.6) is 0 Å². The molecule has 0 atom stereocenters. The zero-order valence-electron chi connectivity index (χ0n) is 15.7. The van der Waals surface area contributed by atoms with E-state index in [0.717, 1.165) is 63.9 Å². The third-order valence-corrected chi connectivity index (χ3v) is 4.57. The van der Waals surface area contributed by atoms with Gasteiger partial charge in [-0.05, 0) is 50.9 Å². The van der Waals surface area contributed by atoms with Crippen LogP contribution in [0.2, 0.25) is 0 Å². The highest BCUT2D eigenvalue weighted by molar-refractivity contribution is 5.79. The highest BCUT2D eigenvalue weighted by Gasteiger charge is 2.18. The molecule has 1 fully saturated rings. The molecule has 0 amide bonds. The second-order valence-corrected chi connectivity index (χ2v) is 6.50. The molecule has 0 aliphatic carbocycles.